The van der Waals surface area contributed by atoms with Gasteiger partial charge in [-0.2, -0.15) is 5.10 Å². The molecule has 210 valence electrons. The van der Waals surface area contributed by atoms with Gasteiger partial charge < -0.3 is 14.6 Å². The third-order valence-corrected chi connectivity index (χ3v) is 8.14. The molecule has 2 heterocycles. The van der Waals surface area contributed by atoms with Gasteiger partial charge in [0.25, 0.3) is 11.8 Å². The molecule has 0 fully saturated rings. The number of nitrogens with one attached hydrogen (secondary N) is 1. The Kier molecular flexibility index (Phi) is 8.79. The number of carbonyl (C=O) groups excluding carboxylic acids is 2. The number of methoxy groups -OCH3 is 1. The fourth-order valence-electron chi connectivity index (χ4n) is 4.41. The highest BCUT2D eigenvalue weighted by Gasteiger charge is 2.33. The van der Waals surface area contributed by atoms with E-state index < -0.39 is 0 Å². The van der Waals surface area contributed by atoms with E-state index in [4.69, 9.17) is 4.74 Å². The number of hydrogen-bond donors (Lipinski definition) is 1. The Labute approximate surface area is 248 Å². The predicted molar refractivity (Wildman–Crippen MR) is 157 cm³/mol. The van der Waals surface area contributed by atoms with Crippen molar-refractivity contribution in [1.29, 1.82) is 0 Å². The van der Waals surface area contributed by atoms with E-state index in [9.17, 15) is 14.0 Å². The molecule has 12 heteroatoms. The minimum atomic E-state index is -0.359. The average Bonchev–Trinajstić information content (AvgIpc) is 3.59. The highest BCUT2D eigenvalue weighted by Crippen LogP contribution is 2.34. The monoisotopic (exact) mass is 636 g/mol. The van der Waals surface area contributed by atoms with Crippen molar-refractivity contribution in [3.05, 3.63) is 106 Å². The van der Waals surface area contributed by atoms with Gasteiger partial charge in [-0.25, -0.2) is 9.40 Å². The minimum Gasteiger partial charge on any atom is -0.496 e. The molecule has 1 aliphatic rings. The molecule has 0 saturated carbocycles. The number of para-hydroxylation sites is 1. The number of halogens is 2. The quantitative estimate of drug-likeness (QED) is 0.256. The predicted octanol–water partition coefficient (Wildman–Crippen LogP) is 5.13. The van der Waals surface area contributed by atoms with E-state index in [1.807, 2.05) is 24.3 Å². The fourth-order valence-corrected chi connectivity index (χ4v) is 5.45. The van der Waals surface area contributed by atoms with E-state index in [0.29, 0.717) is 28.7 Å². The van der Waals surface area contributed by atoms with E-state index >= 15 is 0 Å². The summed E-state index contributed by atoms with van der Waals surface area (Å²) in [5.74, 6) is 0.217. The normalized spacial score (nSPS) is 14.6. The molecule has 2 amide bonds. The van der Waals surface area contributed by atoms with Crippen molar-refractivity contribution in [1.82, 2.24) is 25.1 Å². The first kappa shape index (κ1) is 28.5. The lowest BCUT2D eigenvalue weighted by Gasteiger charge is -2.22. The summed E-state index contributed by atoms with van der Waals surface area (Å²) in [6.07, 6.45) is 0.504. The van der Waals surface area contributed by atoms with Crippen LogP contribution in [-0.2, 0) is 18.4 Å². The van der Waals surface area contributed by atoms with Gasteiger partial charge in [0.05, 0.1) is 36.7 Å². The maximum atomic E-state index is 13.6. The van der Waals surface area contributed by atoms with Crippen LogP contribution in [0.5, 0.6) is 5.75 Å². The lowest BCUT2D eigenvalue weighted by molar-refractivity contribution is -0.130. The van der Waals surface area contributed by atoms with Gasteiger partial charge in [0, 0.05) is 17.9 Å². The minimum absolute atomic E-state index is 0.0638. The first-order chi connectivity index (χ1) is 19.8. The molecule has 0 saturated heterocycles. The number of ether oxygens (including phenoxy) is 1. The van der Waals surface area contributed by atoms with Crippen molar-refractivity contribution < 1.29 is 18.7 Å². The van der Waals surface area contributed by atoms with Gasteiger partial charge in [-0.05, 0) is 47.5 Å². The van der Waals surface area contributed by atoms with Crippen LogP contribution in [0.15, 0.2) is 87.5 Å². The number of benzene rings is 3. The van der Waals surface area contributed by atoms with E-state index in [2.05, 4.69) is 36.5 Å². The first-order valence-electron chi connectivity index (χ1n) is 12.7. The molecule has 0 aliphatic carbocycles. The summed E-state index contributed by atoms with van der Waals surface area (Å²) < 4.78 is 21.6. The second-order valence-electron chi connectivity index (χ2n) is 9.19. The number of nitrogens with zero attached hydrogens (tertiary/aromatic N) is 5. The molecule has 0 unspecified atom stereocenters. The molecule has 3 aromatic carbocycles. The van der Waals surface area contributed by atoms with Crippen LogP contribution in [0.1, 0.15) is 39.8 Å². The lowest BCUT2D eigenvalue weighted by atomic mass is 9.98. The van der Waals surface area contributed by atoms with Crippen molar-refractivity contribution in [2.45, 2.75) is 24.2 Å². The molecule has 4 aromatic rings. The van der Waals surface area contributed by atoms with Crippen molar-refractivity contribution in [2.75, 3.05) is 12.9 Å². The molecule has 5 rings (SSSR count). The summed E-state index contributed by atoms with van der Waals surface area (Å²) >= 11 is 4.67. The molecule has 1 N–H and O–H groups in total. The number of hydrogen-bond acceptors (Lipinski definition) is 7. The lowest BCUT2D eigenvalue weighted by Crippen LogP contribution is -2.28. The van der Waals surface area contributed by atoms with Gasteiger partial charge in [-0.3, -0.25) is 9.59 Å². The number of rotatable bonds is 9. The van der Waals surface area contributed by atoms with Crippen LogP contribution in [0.4, 0.5) is 4.39 Å². The molecule has 41 heavy (non-hydrogen) atoms. The average molecular weight is 638 g/mol. The number of aromatic nitrogens is 3. The zero-order chi connectivity index (χ0) is 28.9. The number of hydrazone groups is 1. The van der Waals surface area contributed by atoms with Crippen molar-refractivity contribution in [3.63, 3.8) is 0 Å². The zero-order valence-electron chi connectivity index (χ0n) is 22.3. The summed E-state index contributed by atoms with van der Waals surface area (Å²) in [6, 6.07) is 20.5. The number of thioether (sulfide) groups is 1. The molecule has 1 atom stereocenters. The van der Waals surface area contributed by atoms with Gasteiger partial charge in [0.2, 0.25) is 0 Å². The van der Waals surface area contributed by atoms with Gasteiger partial charge in [-0.1, -0.05) is 64.1 Å². The summed E-state index contributed by atoms with van der Waals surface area (Å²) in [5.41, 5.74) is 2.90. The Hall–Kier alpha value is -4.03. The van der Waals surface area contributed by atoms with Crippen molar-refractivity contribution in [2.24, 2.45) is 12.1 Å². The molecule has 0 bridgehead atoms. The van der Waals surface area contributed by atoms with E-state index in [-0.39, 0.29) is 36.0 Å². The molecule has 0 spiro atoms. The molecule has 0 radical (unpaired) electrons. The Balaban J connectivity index is 1.27. The Morgan fingerprint density at radius 2 is 1.80 bits per heavy atom. The van der Waals surface area contributed by atoms with Crippen LogP contribution in [0.3, 0.4) is 0 Å². The third-order valence-electron chi connectivity index (χ3n) is 6.61. The second-order valence-corrected chi connectivity index (χ2v) is 11.1. The van der Waals surface area contributed by atoms with Crippen molar-refractivity contribution in [3.8, 4) is 5.75 Å². The molecular formula is C29H26BrFN6O3S. The fraction of sp³-hybridized carbons (Fsp3) is 0.207. The standard InChI is InChI=1S/C29H26BrFN6O3S/c1-36-26(16-32-28(39)22-5-3-4-6-25(22)40-2)33-34-29(36)41-17-27(38)37-24(19-9-13-21(31)14-10-19)15-23(35-37)18-7-11-20(30)12-8-18/h3-14,24H,15-17H2,1-2H3,(H,32,39)/t24-/m1/s1. The topological polar surface area (TPSA) is 102 Å². The molecule has 1 aliphatic heterocycles. The maximum absolute atomic E-state index is 13.6. The van der Waals surface area contributed by atoms with Crippen LogP contribution in [-0.4, -0.2) is 50.2 Å². The van der Waals surface area contributed by atoms with Gasteiger partial charge in [-0.15, -0.1) is 10.2 Å². The van der Waals surface area contributed by atoms with E-state index in [1.54, 1.807) is 48.0 Å². The van der Waals surface area contributed by atoms with Crippen LogP contribution in [0.25, 0.3) is 0 Å². The van der Waals surface area contributed by atoms with Gasteiger partial charge in [0.15, 0.2) is 11.0 Å². The van der Waals surface area contributed by atoms with Crippen molar-refractivity contribution >= 4 is 45.2 Å². The molecule has 9 nitrogen and oxygen atoms in total. The highest BCUT2D eigenvalue weighted by molar-refractivity contribution is 9.10. The zero-order valence-corrected chi connectivity index (χ0v) is 24.7. The van der Waals surface area contributed by atoms with E-state index in [1.165, 1.54) is 36.0 Å². The van der Waals surface area contributed by atoms with Crippen LogP contribution in [0, 0.1) is 5.82 Å². The SMILES string of the molecule is COc1ccccc1C(=O)NCc1nnc(SCC(=O)N2N=C(c3ccc(Br)cc3)C[C@@H]2c2ccc(F)cc2)n1C. The Morgan fingerprint density at radius 1 is 1.07 bits per heavy atom. The molecule has 1 aromatic heterocycles. The third kappa shape index (κ3) is 6.49. The molecular weight excluding hydrogens is 611 g/mol. The number of amides is 2. The smallest absolute Gasteiger partial charge is 0.255 e. The Morgan fingerprint density at radius 3 is 2.54 bits per heavy atom. The number of carbonyl (C=O) groups is 2. The van der Waals surface area contributed by atoms with Crippen LogP contribution >= 0.6 is 27.7 Å². The first-order valence-corrected chi connectivity index (χ1v) is 14.4. The largest absolute Gasteiger partial charge is 0.496 e. The summed E-state index contributed by atoms with van der Waals surface area (Å²) in [4.78, 5) is 26.1. The Bertz CT molecular complexity index is 1590. The van der Waals surface area contributed by atoms with Crippen LogP contribution in [0.2, 0.25) is 0 Å². The summed E-state index contributed by atoms with van der Waals surface area (Å²) in [5, 5.41) is 17.9. The summed E-state index contributed by atoms with van der Waals surface area (Å²) in [6.45, 7) is 0.147. The van der Waals surface area contributed by atoms with Gasteiger partial charge >= 0.3 is 0 Å². The van der Waals surface area contributed by atoms with E-state index in [0.717, 1.165) is 21.3 Å². The second kappa shape index (κ2) is 12.6. The van der Waals surface area contributed by atoms with Gasteiger partial charge in [0.1, 0.15) is 11.6 Å². The maximum Gasteiger partial charge on any atom is 0.255 e. The van der Waals surface area contributed by atoms with Crippen LogP contribution < -0.4 is 10.1 Å². The summed E-state index contributed by atoms with van der Waals surface area (Å²) in [7, 11) is 3.29. The highest BCUT2D eigenvalue weighted by atomic mass is 79.9.